The van der Waals surface area contributed by atoms with E-state index < -0.39 is 0 Å². The predicted octanol–water partition coefficient (Wildman–Crippen LogP) is 1.09. The average Bonchev–Trinajstić information content (AvgIpc) is 2.55. The lowest BCUT2D eigenvalue weighted by Gasteiger charge is -2.43. The van der Waals surface area contributed by atoms with Gasteiger partial charge in [0.15, 0.2) is 0 Å². The molecule has 2 heterocycles. The van der Waals surface area contributed by atoms with Gasteiger partial charge in [0.05, 0.1) is 0 Å². The predicted molar refractivity (Wildman–Crippen MR) is 56.1 cm³/mol. The first-order valence-electron chi connectivity index (χ1n) is 5.61. The fraction of sp³-hybridized carbons (Fsp3) is 0.909. The largest absolute Gasteiger partial charge is 0.337 e. The minimum Gasteiger partial charge on any atom is -0.337 e. The van der Waals surface area contributed by atoms with E-state index in [0.29, 0.717) is 0 Å². The highest BCUT2D eigenvalue weighted by atomic mass is 16.2. The molecular formula is C11H20N2O. The Labute approximate surface area is 86.1 Å². The van der Waals surface area contributed by atoms with Gasteiger partial charge in [-0.2, -0.15) is 0 Å². The Bertz CT molecular complexity index is 231. The fourth-order valence-electron chi connectivity index (χ4n) is 2.98. The summed E-state index contributed by atoms with van der Waals surface area (Å²) < 4.78 is 0. The molecule has 2 aliphatic rings. The van der Waals surface area contributed by atoms with E-state index >= 15 is 0 Å². The van der Waals surface area contributed by atoms with Crippen molar-refractivity contribution in [3.63, 3.8) is 0 Å². The minimum atomic E-state index is 0.234. The zero-order valence-corrected chi connectivity index (χ0v) is 9.25. The number of piperidine rings is 1. The van der Waals surface area contributed by atoms with Crippen LogP contribution in [-0.4, -0.2) is 47.9 Å². The number of hydrogen-bond acceptors (Lipinski definition) is 2. The standard InChI is InChI=1S/C11H20N2O/c1-10(14)13-7-3-4-11(13)5-8-12(2)9-6-11/h3-9H2,1-2H3. The van der Waals surface area contributed by atoms with Gasteiger partial charge in [-0.25, -0.2) is 0 Å². The van der Waals surface area contributed by atoms with Crippen LogP contribution in [0.5, 0.6) is 0 Å². The van der Waals surface area contributed by atoms with E-state index in [2.05, 4.69) is 16.8 Å². The molecule has 0 atom stereocenters. The molecule has 3 heteroatoms. The number of hydrogen-bond donors (Lipinski definition) is 0. The second kappa shape index (κ2) is 3.54. The lowest BCUT2D eigenvalue weighted by Crippen LogP contribution is -2.52. The SMILES string of the molecule is CC(=O)N1CCCC12CCN(C)CC2. The molecule has 14 heavy (non-hydrogen) atoms. The quantitative estimate of drug-likeness (QED) is 0.579. The summed E-state index contributed by atoms with van der Waals surface area (Å²) in [5.74, 6) is 0.270. The minimum absolute atomic E-state index is 0.234. The van der Waals surface area contributed by atoms with E-state index in [1.165, 1.54) is 25.7 Å². The Hall–Kier alpha value is -0.570. The Kier molecular flexibility index (Phi) is 2.52. The molecule has 0 unspecified atom stereocenters. The van der Waals surface area contributed by atoms with Crippen LogP contribution in [0.4, 0.5) is 0 Å². The first-order chi connectivity index (χ1) is 6.64. The number of nitrogens with zero attached hydrogens (tertiary/aromatic N) is 2. The van der Waals surface area contributed by atoms with Gasteiger partial charge >= 0.3 is 0 Å². The average molecular weight is 196 g/mol. The summed E-state index contributed by atoms with van der Waals surface area (Å²) in [4.78, 5) is 16.0. The van der Waals surface area contributed by atoms with Gasteiger partial charge in [0, 0.05) is 32.1 Å². The summed E-state index contributed by atoms with van der Waals surface area (Å²) >= 11 is 0. The lowest BCUT2D eigenvalue weighted by molar-refractivity contribution is -0.134. The normalized spacial score (nSPS) is 27.1. The lowest BCUT2D eigenvalue weighted by atomic mass is 9.85. The molecule has 0 aromatic rings. The molecule has 0 aromatic heterocycles. The molecule has 0 saturated carbocycles. The maximum absolute atomic E-state index is 11.5. The van der Waals surface area contributed by atoms with E-state index in [4.69, 9.17) is 0 Å². The van der Waals surface area contributed by atoms with Crippen molar-refractivity contribution in [1.29, 1.82) is 0 Å². The number of likely N-dealkylation sites (tertiary alicyclic amines) is 2. The fourth-order valence-corrected chi connectivity index (χ4v) is 2.98. The summed E-state index contributed by atoms with van der Waals surface area (Å²) in [6.45, 7) is 4.98. The van der Waals surface area contributed by atoms with Gasteiger partial charge in [-0.3, -0.25) is 4.79 Å². The van der Waals surface area contributed by atoms with E-state index in [0.717, 1.165) is 19.6 Å². The molecule has 1 spiro atoms. The Morgan fingerprint density at radius 2 is 1.79 bits per heavy atom. The van der Waals surface area contributed by atoms with Gasteiger partial charge in [0.25, 0.3) is 0 Å². The number of rotatable bonds is 0. The van der Waals surface area contributed by atoms with Crippen molar-refractivity contribution in [2.45, 2.75) is 38.1 Å². The topological polar surface area (TPSA) is 23.6 Å². The van der Waals surface area contributed by atoms with Crippen molar-refractivity contribution in [3.8, 4) is 0 Å². The summed E-state index contributed by atoms with van der Waals surface area (Å²) in [5, 5.41) is 0. The van der Waals surface area contributed by atoms with Gasteiger partial charge in [-0.05, 0) is 32.7 Å². The smallest absolute Gasteiger partial charge is 0.219 e. The highest BCUT2D eigenvalue weighted by Gasteiger charge is 2.43. The Balaban J connectivity index is 2.10. The third kappa shape index (κ3) is 1.54. The van der Waals surface area contributed by atoms with Crippen LogP contribution in [0.25, 0.3) is 0 Å². The third-order valence-electron chi connectivity index (χ3n) is 3.89. The molecule has 1 amide bonds. The Morgan fingerprint density at radius 3 is 2.36 bits per heavy atom. The molecule has 2 aliphatic heterocycles. The van der Waals surface area contributed by atoms with Gasteiger partial charge in [-0.1, -0.05) is 0 Å². The second-order valence-electron chi connectivity index (χ2n) is 4.80. The van der Waals surface area contributed by atoms with Crippen molar-refractivity contribution in [2.75, 3.05) is 26.7 Å². The second-order valence-corrected chi connectivity index (χ2v) is 4.80. The third-order valence-corrected chi connectivity index (χ3v) is 3.89. The van der Waals surface area contributed by atoms with Crippen LogP contribution in [0.15, 0.2) is 0 Å². The van der Waals surface area contributed by atoms with Crippen LogP contribution in [0.3, 0.4) is 0 Å². The van der Waals surface area contributed by atoms with E-state index in [-0.39, 0.29) is 11.4 Å². The van der Waals surface area contributed by atoms with Crippen molar-refractivity contribution < 1.29 is 4.79 Å². The molecule has 3 nitrogen and oxygen atoms in total. The highest BCUT2D eigenvalue weighted by molar-refractivity contribution is 5.74. The molecule has 0 bridgehead atoms. The molecular weight excluding hydrogens is 176 g/mol. The van der Waals surface area contributed by atoms with Crippen LogP contribution in [0.2, 0.25) is 0 Å². The first-order valence-corrected chi connectivity index (χ1v) is 5.61. The first kappa shape index (κ1) is 9.97. The maximum atomic E-state index is 11.5. The van der Waals surface area contributed by atoms with Gasteiger partial charge in [0.2, 0.25) is 5.91 Å². The highest BCUT2D eigenvalue weighted by Crippen LogP contribution is 2.37. The van der Waals surface area contributed by atoms with Crippen molar-refractivity contribution in [1.82, 2.24) is 9.80 Å². The zero-order chi connectivity index (χ0) is 10.2. The maximum Gasteiger partial charge on any atom is 0.219 e. The van der Waals surface area contributed by atoms with Gasteiger partial charge < -0.3 is 9.80 Å². The van der Waals surface area contributed by atoms with Crippen molar-refractivity contribution in [2.24, 2.45) is 0 Å². The molecule has 2 fully saturated rings. The Morgan fingerprint density at radius 1 is 1.14 bits per heavy atom. The molecule has 2 rings (SSSR count). The van der Waals surface area contributed by atoms with E-state index in [9.17, 15) is 4.79 Å². The number of carbonyl (C=O) groups is 1. The molecule has 0 N–H and O–H groups in total. The number of amides is 1. The molecule has 80 valence electrons. The molecule has 0 radical (unpaired) electrons. The van der Waals surface area contributed by atoms with Crippen LogP contribution < -0.4 is 0 Å². The summed E-state index contributed by atoms with van der Waals surface area (Å²) in [6.07, 6.45) is 4.76. The monoisotopic (exact) mass is 196 g/mol. The van der Waals surface area contributed by atoms with Crippen molar-refractivity contribution in [3.05, 3.63) is 0 Å². The van der Waals surface area contributed by atoms with Gasteiger partial charge in [0.1, 0.15) is 0 Å². The van der Waals surface area contributed by atoms with Crippen LogP contribution in [0, 0.1) is 0 Å². The molecule has 0 aliphatic carbocycles. The van der Waals surface area contributed by atoms with E-state index in [1.807, 2.05) is 0 Å². The summed E-state index contributed by atoms with van der Waals surface area (Å²) in [7, 11) is 2.17. The molecule has 0 aromatic carbocycles. The summed E-state index contributed by atoms with van der Waals surface area (Å²) in [5.41, 5.74) is 0.234. The van der Waals surface area contributed by atoms with E-state index in [1.54, 1.807) is 6.92 Å². The summed E-state index contributed by atoms with van der Waals surface area (Å²) in [6, 6.07) is 0. The zero-order valence-electron chi connectivity index (χ0n) is 9.25. The van der Waals surface area contributed by atoms with Crippen molar-refractivity contribution >= 4 is 5.91 Å². The number of carbonyl (C=O) groups excluding carboxylic acids is 1. The van der Waals surface area contributed by atoms with Gasteiger partial charge in [-0.15, -0.1) is 0 Å². The van der Waals surface area contributed by atoms with Crippen LogP contribution in [-0.2, 0) is 4.79 Å². The van der Waals surface area contributed by atoms with Crippen LogP contribution in [0.1, 0.15) is 32.6 Å². The van der Waals surface area contributed by atoms with Crippen LogP contribution >= 0.6 is 0 Å². The molecule has 2 saturated heterocycles.